The van der Waals surface area contributed by atoms with Crippen LogP contribution in [-0.4, -0.2) is 24.1 Å². The third kappa shape index (κ3) is 3.45. The number of rotatable bonds is 4. The number of hydrogen-bond acceptors (Lipinski definition) is 6. The normalized spacial score (nSPS) is 10.9. The first-order chi connectivity index (χ1) is 11.3. The Morgan fingerprint density at radius 2 is 2.00 bits per heavy atom. The summed E-state index contributed by atoms with van der Waals surface area (Å²) in [6.45, 7) is 0. The third-order valence-corrected chi connectivity index (χ3v) is 2.99. The Balaban J connectivity index is 2.42. The van der Waals surface area contributed by atoms with Gasteiger partial charge in [0, 0.05) is 25.4 Å². The summed E-state index contributed by atoms with van der Waals surface area (Å²) in [7, 11) is 2.58. The zero-order valence-corrected chi connectivity index (χ0v) is 12.5. The van der Waals surface area contributed by atoms with Crippen LogP contribution in [0.1, 0.15) is 11.1 Å². The van der Waals surface area contributed by atoms with E-state index in [0.717, 1.165) is 12.1 Å². The summed E-state index contributed by atoms with van der Waals surface area (Å²) in [6, 6.07) is 3.78. The predicted octanol–water partition coefficient (Wildman–Crippen LogP) is 3.30. The monoisotopic (exact) mass is 341 g/mol. The highest BCUT2D eigenvalue weighted by atomic mass is 19.4. The number of nitriles is 1. The number of aromatic nitrogens is 2. The second-order valence-electron chi connectivity index (χ2n) is 4.47. The van der Waals surface area contributed by atoms with Gasteiger partial charge in [-0.05, 0) is 0 Å². The minimum Gasteiger partial charge on any atom is -0.495 e. The molecule has 0 aliphatic carbocycles. The number of ether oxygens (including phenoxy) is 1. The molecule has 0 spiro atoms. The van der Waals surface area contributed by atoms with E-state index in [2.05, 4.69) is 20.6 Å². The van der Waals surface area contributed by atoms with Crippen LogP contribution in [0.4, 0.5) is 35.0 Å². The molecular weight excluding hydrogens is 330 g/mol. The number of nitrogens with one attached hydrogen (secondary N) is 2. The topological polar surface area (TPSA) is 82.9 Å². The van der Waals surface area contributed by atoms with Gasteiger partial charge in [-0.25, -0.2) is 9.37 Å². The molecule has 0 saturated carbocycles. The first-order valence-electron chi connectivity index (χ1n) is 6.46. The lowest BCUT2D eigenvalue weighted by Gasteiger charge is -2.14. The van der Waals surface area contributed by atoms with Gasteiger partial charge in [0.2, 0.25) is 5.95 Å². The van der Waals surface area contributed by atoms with Crippen LogP contribution < -0.4 is 15.4 Å². The fourth-order valence-corrected chi connectivity index (χ4v) is 1.87. The quantitative estimate of drug-likeness (QED) is 0.831. The minimum absolute atomic E-state index is 0.0656. The van der Waals surface area contributed by atoms with E-state index in [1.165, 1.54) is 14.2 Å². The summed E-state index contributed by atoms with van der Waals surface area (Å²) in [5.41, 5.74) is -1.20. The van der Waals surface area contributed by atoms with Crippen LogP contribution in [0, 0.1) is 17.1 Å². The third-order valence-electron chi connectivity index (χ3n) is 2.99. The zero-order valence-electron chi connectivity index (χ0n) is 12.5. The molecule has 0 radical (unpaired) electrons. The first-order valence-corrected chi connectivity index (χ1v) is 6.46. The first kappa shape index (κ1) is 17.3. The Morgan fingerprint density at radius 3 is 2.54 bits per heavy atom. The molecule has 1 aromatic carbocycles. The van der Waals surface area contributed by atoms with Crippen LogP contribution in [0.15, 0.2) is 18.3 Å². The highest BCUT2D eigenvalue weighted by Gasteiger charge is 2.35. The average molecular weight is 341 g/mol. The van der Waals surface area contributed by atoms with Crippen molar-refractivity contribution in [1.82, 2.24) is 9.97 Å². The van der Waals surface area contributed by atoms with E-state index in [9.17, 15) is 17.6 Å². The number of nitrogens with zero attached hydrogens (tertiary/aromatic N) is 3. The van der Waals surface area contributed by atoms with Crippen molar-refractivity contribution in [2.24, 2.45) is 0 Å². The lowest BCUT2D eigenvalue weighted by molar-refractivity contribution is -0.137. The van der Waals surface area contributed by atoms with Crippen LogP contribution in [0.5, 0.6) is 5.75 Å². The molecule has 0 fully saturated rings. The standard InChI is InChI=1S/C14H11F4N5O/c1-20-12-8(14(16,17)18)6-21-13(23-12)22-10-4-9(15)7(5-19)3-11(10)24-2/h3-4,6H,1-2H3,(H2,20,21,22,23). The number of anilines is 3. The van der Waals surface area contributed by atoms with E-state index < -0.39 is 23.4 Å². The van der Waals surface area contributed by atoms with Gasteiger partial charge in [0.1, 0.15) is 29.0 Å². The molecule has 10 heteroatoms. The molecule has 24 heavy (non-hydrogen) atoms. The molecule has 6 nitrogen and oxygen atoms in total. The van der Waals surface area contributed by atoms with Gasteiger partial charge in [0.05, 0.1) is 18.4 Å². The SMILES string of the molecule is CNc1nc(Nc2cc(F)c(C#N)cc2OC)ncc1C(F)(F)F. The van der Waals surface area contributed by atoms with E-state index in [4.69, 9.17) is 10.00 Å². The molecule has 0 saturated heterocycles. The average Bonchev–Trinajstić information content (AvgIpc) is 2.54. The van der Waals surface area contributed by atoms with Gasteiger partial charge in [-0.15, -0.1) is 0 Å². The molecule has 0 bridgehead atoms. The van der Waals surface area contributed by atoms with E-state index >= 15 is 0 Å². The van der Waals surface area contributed by atoms with Crippen molar-refractivity contribution in [3.63, 3.8) is 0 Å². The van der Waals surface area contributed by atoms with Crippen molar-refractivity contribution in [3.05, 3.63) is 35.3 Å². The van der Waals surface area contributed by atoms with Crippen LogP contribution in [0.2, 0.25) is 0 Å². The lowest BCUT2D eigenvalue weighted by atomic mass is 10.2. The molecule has 2 N–H and O–H groups in total. The maximum absolute atomic E-state index is 13.7. The van der Waals surface area contributed by atoms with Crippen molar-refractivity contribution in [2.45, 2.75) is 6.18 Å². The molecule has 0 unspecified atom stereocenters. The molecule has 126 valence electrons. The Hall–Kier alpha value is -3.09. The van der Waals surface area contributed by atoms with Crippen LogP contribution in [-0.2, 0) is 6.18 Å². The van der Waals surface area contributed by atoms with Crippen molar-refractivity contribution in [2.75, 3.05) is 24.8 Å². The molecule has 0 amide bonds. The number of benzene rings is 1. The number of methoxy groups -OCH3 is 1. The molecule has 0 aliphatic rings. The minimum atomic E-state index is -4.62. The Morgan fingerprint density at radius 1 is 1.29 bits per heavy atom. The second kappa shape index (κ2) is 6.57. The number of halogens is 4. The Bertz CT molecular complexity index is 801. The summed E-state index contributed by atoms with van der Waals surface area (Å²) >= 11 is 0. The van der Waals surface area contributed by atoms with Crippen molar-refractivity contribution >= 4 is 17.5 Å². The summed E-state index contributed by atoms with van der Waals surface area (Å²) in [6.07, 6.45) is -4.01. The number of hydrogen-bond donors (Lipinski definition) is 2. The summed E-state index contributed by atoms with van der Waals surface area (Å²) in [5, 5.41) is 13.7. The largest absolute Gasteiger partial charge is 0.495 e. The van der Waals surface area contributed by atoms with Crippen molar-refractivity contribution in [3.8, 4) is 11.8 Å². The fraction of sp³-hybridized carbons (Fsp3) is 0.214. The van der Waals surface area contributed by atoms with Gasteiger partial charge in [-0.1, -0.05) is 0 Å². The van der Waals surface area contributed by atoms with Crippen molar-refractivity contribution in [1.29, 1.82) is 5.26 Å². The highest BCUT2D eigenvalue weighted by Crippen LogP contribution is 2.35. The zero-order chi connectivity index (χ0) is 17.9. The smallest absolute Gasteiger partial charge is 0.421 e. The molecule has 1 heterocycles. The van der Waals surface area contributed by atoms with Gasteiger partial charge in [0.15, 0.2) is 0 Å². The second-order valence-corrected chi connectivity index (χ2v) is 4.47. The molecule has 2 aromatic rings. The Kier molecular flexibility index (Phi) is 4.73. The van der Waals surface area contributed by atoms with Gasteiger partial charge < -0.3 is 15.4 Å². The molecule has 1 aromatic heterocycles. The molecule has 0 aliphatic heterocycles. The molecule has 0 atom stereocenters. The van der Waals surface area contributed by atoms with Gasteiger partial charge in [-0.3, -0.25) is 0 Å². The van der Waals surface area contributed by atoms with Gasteiger partial charge in [-0.2, -0.15) is 23.4 Å². The Labute approximate surface area is 134 Å². The van der Waals surface area contributed by atoms with Crippen molar-refractivity contribution < 1.29 is 22.3 Å². The van der Waals surface area contributed by atoms with E-state index in [1.54, 1.807) is 6.07 Å². The number of alkyl halides is 3. The summed E-state index contributed by atoms with van der Waals surface area (Å²) in [5.74, 6) is -1.34. The van der Waals surface area contributed by atoms with Crippen LogP contribution >= 0.6 is 0 Å². The van der Waals surface area contributed by atoms with Crippen LogP contribution in [0.3, 0.4) is 0 Å². The maximum Gasteiger partial charge on any atom is 0.421 e. The maximum atomic E-state index is 13.7. The molecular formula is C14H11F4N5O. The molecule has 2 rings (SSSR count). The fourth-order valence-electron chi connectivity index (χ4n) is 1.87. The summed E-state index contributed by atoms with van der Waals surface area (Å²) in [4.78, 5) is 7.28. The van der Waals surface area contributed by atoms with Gasteiger partial charge >= 0.3 is 6.18 Å². The lowest BCUT2D eigenvalue weighted by Crippen LogP contribution is -2.12. The van der Waals surface area contributed by atoms with E-state index in [-0.39, 0.29) is 22.9 Å². The van der Waals surface area contributed by atoms with Gasteiger partial charge in [0.25, 0.3) is 0 Å². The highest BCUT2D eigenvalue weighted by molar-refractivity contribution is 5.65. The van der Waals surface area contributed by atoms with E-state index in [1.807, 2.05) is 0 Å². The predicted molar refractivity (Wildman–Crippen MR) is 77.5 cm³/mol. The van der Waals surface area contributed by atoms with E-state index in [0.29, 0.717) is 6.20 Å². The summed E-state index contributed by atoms with van der Waals surface area (Å²) < 4.78 is 57.2. The van der Waals surface area contributed by atoms with Crippen LogP contribution in [0.25, 0.3) is 0 Å².